The second-order valence-electron chi connectivity index (χ2n) is 8.24. The van der Waals surface area contributed by atoms with Gasteiger partial charge in [0.1, 0.15) is 0 Å². The summed E-state index contributed by atoms with van der Waals surface area (Å²) in [6, 6.07) is 12.1. The van der Waals surface area contributed by atoms with Crippen LogP contribution in [-0.2, 0) is 34.2 Å². The molecular formula is C23H29N3O3. The summed E-state index contributed by atoms with van der Waals surface area (Å²) < 4.78 is 7.34. The van der Waals surface area contributed by atoms with Crippen LogP contribution in [0.25, 0.3) is 0 Å². The molecule has 6 nitrogen and oxygen atoms in total. The Morgan fingerprint density at radius 2 is 2.00 bits per heavy atom. The van der Waals surface area contributed by atoms with E-state index in [0.29, 0.717) is 32.3 Å². The molecule has 29 heavy (non-hydrogen) atoms. The smallest absolute Gasteiger partial charge is 0.314 e. The average Bonchev–Trinajstić information content (AvgIpc) is 3.40. The van der Waals surface area contributed by atoms with Crippen LogP contribution in [0.15, 0.2) is 42.6 Å². The first-order valence-corrected chi connectivity index (χ1v) is 10.5. The van der Waals surface area contributed by atoms with Crippen molar-refractivity contribution in [3.8, 4) is 0 Å². The van der Waals surface area contributed by atoms with Gasteiger partial charge in [-0.1, -0.05) is 30.3 Å². The van der Waals surface area contributed by atoms with Gasteiger partial charge in [0.25, 0.3) is 0 Å². The van der Waals surface area contributed by atoms with Crippen molar-refractivity contribution in [1.29, 1.82) is 0 Å². The first kappa shape index (κ1) is 19.7. The molecule has 4 rings (SSSR count). The van der Waals surface area contributed by atoms with Gasteiger partial charge in [-0.05, 0) is 50.7 Å². The first-order valence-electron chi connectivity index (χ1n) is 10.5. The number of fused-ring (bicyclic) bond motifs is 2. The summed E-state index contributed by atoms with van der Waals surface area (Å²) in [7, 11) is 1.89. The summed E-state index contributed by atoms with van der Waals surface area (Å²) in [5.41, 5.74) is 1.53. The van der Waals surface area contributed by atoms with Gasteiger partial charge < -0.3 is 9.64 Å². The molecule has 0 unspecified atom stereocenters. The number of aromatic nitrogens is 2. The average molecular weight is 396 g/mol. The Morgan fingerprint density at radius 3 is 2.69 bits per heavy atom. The molecule has 2 aliphatic rings. The van der Waals surface area contributed by atoms with Crippen LogP contribution in [0.1, 0.15) is 43.9 Å². The van der Waals surface area contributed by atoms with Gasteiger partial charge in [0.05, 0.1) is 12.0 Å². The van der Waals surface area contributed by atoms with Crippen molar-refractivity contribution in [2.45, 2.75) is 57.5 Å². The number of carbonyl (C=O) groups excluding carboxylic acids is 2. The van der Waals surface area contributed by atoms with E-state index in [0.717, 1.165) is 24.1 Å². The van der Waals surface area contributed by atoms with E-state index in [1.807, 2.05) is 47.8 Å². The van der Waals surface area contributed by atoms with Crippen LogP contribution >= 0.6 is 0 Å². The number of ether oxygens (including phenoxy) is 1. The van der Waals surface area contributed by atoms with Crippen molar-refractivity contribution in [2.75, 3.05) is 6.61 Å². The lowest BCUT2D eigenvalue weighted by atomic mass is 9.70. The molecule has 0 radical (unpaired) electrons. The second-order valence-corrected chi connectivity index (χ2v) is 8.24. The normalized spacial score (nSPS) is 25.4. The standard InChI is InChI=1S/C23H29N3O3/c1-3-29-22(28)23(15-17-7-5-4-6-8-17)16-19-9-11-20(23)26(19)21(27)12-10-18-13-14-24-25(18)2/h4-8,13-14,19-20H,3,9-12,15-16H2,1-2H3/t19-,20+,23+/m1/s1. The number of benzene rings is 1. The third-order valence-electron chi connectivity index (χ3n) is 6.59. The van der Waals surface area contributed by atoms with Gasteiger partial charge in [0, 0.05) is 37.4 Å². The van der Waals surface area contributed by atoms with E-state index in [4.69, 9.17) is 4.74 Å². The molecule has 0 spiro atoms. The van der Waals surface area contributed by atoms with Gasteiger partial charge in [-0.15, -0.1) is 0 Å². The van der Waals surface area contributed by atoms with Crippen LogP contribution in [-0.4, -0.2) is 45.2 Å². The maximum Gasteiger partial charge on any atom is 0.314 e. The summed E-state index contributed by atoms with van der Waals surface area (Å²) in [6.07, 6.45) is 6.02. The second kappa shape index (κ2) is 8.01. The van der Waals surface area contributed by atoms with Gasteiger partial charge in [-0.2, -0.15) is 5.10 Å². The van der Waals surface area contributed by atoms with E-state index in [2.05, 4.69) is 17.2 Å². The maximum absolute atomic E-state index is 13.2. The maximum atomic E-state index is 13.2. The minimum absolute atomic E-state index is 0.0780. The van der Waals surface area contributed by atoms with E-state index >= 15 is 0 Å². The molecule has 3 heterocycles. The summed E-state index contributed by atoms with van der Waals surface area (Å²) in [4.78, 5) is 28.3. The highest BCUT2D eigenvalue weighted by Gasteiger charge is 2.61. The number of carbonyl (C=O) groups is 2. The zero-order valence-corrected chi connectivity index (χ0v) is 17.2. The zero-order valence-electron chi connectivity index (χ0n) is 17.2. The predicted molar refractivity (Wildman–Crippen MR) is 109 cm³/mol. The fraction of sp³-hybridized carbons (Fsp3) is 0.522. The summed E-state index contributed by atoms with van der Waals surface area (Å²) in [5.74, 6) is -0.0153. The number of nitrogens with zero attached hydrogens (tertiary/aromatic N) is 3. The van der Waals surface area contributed by atoms with Gasteiger partial charge in [0.2, 0.25) is 5.91 Å². The van der Waals surface area contributed by atoms with Gasteiger partial charge in [0.15, 0.2) is 0 Å². The van der Waals surface area contributed by atoms with E-state index < -0.39 is 5.41 Å². The third kappa shape index (κ3) is 3.56. The number of amides is 1. The Balaban J connectivity index is 1.55. The van der Waals surface area contributed by atoms with Gasteiger partial charge in [-0.25, -0.2) is 0 Å². The molecule has 6 heteroatoms. The molecule has 2 aliphatic heterocycles. The number of hydrogen-bond acceptors (Lipinski definition) is 4. The van der Waals surface area contributed by atoms with Crippen molar-refractivity contribution in [3.05, 3.63) is 53.9 Å². The van der Waals surface area contributed by atoms with E-state index in [-0.39, 0.29) is 24.0 Å². The molecule has 1 amide bonds. The van der Waals surface area contributed by atoms with E-state index in [9.17, 15) is 9.59 Å². The van der Waals surface area contributed by atoms with Crippen molar-refractivity contribution < 1.29 is 14.3 Å². The molecule has 0 saturated carbocycles. The predicted octanol–water partition coefficient (Wildman–Crippen LogP) is 2.91. The van der Waals surface area contributed by atoms with Crippen molar-refractivity contribution in [2.24, 2.45) is 12.5 Å². The summed E-state index contributed by atoms with van der Waals surface area (Å²) in [6.45, 7) is 2.21. The van der Waals surface area contributed by atoms with Crippen molar-refractivity contribution >= 4 is 11.9 Å². The van der Waals surface area contributed by atoms with Crippen LogP contribution in [0.2, 0.25) is 0 Å². The van der Waals surface area contributed by atoms with Crippen LogP contribution in [0, 0.1) is 5.41 Å². The zero-order chi connectivity index (χ0) is 20.4. The number of rotatable bonds is 7. The largest absolute Gasteiger partial charge is 0.465 e. The Labute approximate surface area is 171 Å². The molecule has 1 aromatic carbocycles. The Hall–Kier alpha value is -2.63. The van der Waals surface area contributed by atoms with Crippen molar-refractivity contribution in [3.63, 3.8) is 0 Å². The quantitative estimate of drug-likeness (QED) is 0.676. The molecule has 2 bridgehead atoms. The minimum atomic E-state index is -0.636. The molecule has 154 valence electrons. The lowest BCUT2D eigenvalue weighted by Gasteiger charge is -2.35. The molecule has 2 aromatic rings. The highest BCUT2D eigenvalue weighted by Crippen LogP contribution is 2.52. The van der Waals surface area contributed by atoms with Gasteiger partial charge >= 0.3 is 5.97 Å². The third-order valence-corrected chi connectivity index (χ3v) is 6.59. The highest BCUT2D eigenvalue weighted by atomic mass is 16.5. The fourth-order valence-corrected chi connectivity index (χ4v) is 5.29. The first-order chi connectivity index (χ1) is 14.0. The highest BCUT2D eigenvalue weighted by molar-refractivity contribution is 5.84. The molecule has 2 saturated heterocycles. The topological polar surface area (TPSA) is 64.4 Å². The van der Waals surface area contributed by atoms with Crippen LogP contribution < -0.4 is 0 Å². The molecule has 1 aromatic heterocycles. The minimum Gasteiger partial charge on any atom is -0.465 e. The number of esters is 1. The molecule has 0 N–H and O–H groups in total. The Morgan fingerprint density at radius 1 is 1.21 bits per heavy atom. The van der Waals surface area contributed by atoms with Crippen LogP contribution in [0.3, 0.4) is 0 Å². The Bertz CT molecular complexity index is 879. The molecule has 2 fully saturated rings. The monoisotopic (exact) mass is 395 g/mol. The van der Waals surface area contributed by atoms with Crippen molar-refractivity contribution in [1.82, 2.24) is 14.7 Å². The van der Waals surface area contributed by atoms with Crippen LogP contribution in [0.5, 0.6) is 0 Å². The number of hydrogen-bond donors (Lipinski definition) is 0. The van der Waals surface area contributed by atoms with Gasteiger partial charge in [-0.3, -0.25) is 14.3 Å². The lowest BCUT2D eigenvalue weighted by molar-refractivity contribution is -0.158. The number of aryl methyl sites for hydroxylation is 2. The fourth-order valence-electron chi connectivity index (χ4n) is 5.29. The van der Waals surface area contributed by atoms with E-state index in [1.54, 1.807) is 6.20 Å². The van der Waals surface area contributed by atoms with E-state index in [1.165, 1.54) is 0 Å². The Kier molecular flexibility index (Phi) is 5.43. The van der Waals surface area contributed by atoms with Crippen LogP contribution in [0.4, 0.5) is 0 Å². The molecule has 3 atom stereocenters. The lowest BCUT2D eigenvalue weighted by Crippen LogP contribution is -2.47. The molecular weight excluding hydrogens is 366 g/mol. The summed E-state index contributed by atoms with van der Waals surface area (Å²) >= 11 is 0. The summed E-state index contributed by atoms with van der Waals surface area (Å²) in [5, 5.41) is 4.18. The molecule has 0 aliphatic carbocycles. The SMILES string of the molecule is CCOC(=O)[C@@]1(Cc2ccccc2)C[C@H]2CC[C@@H]1N2C(=O)CCc1ccnn1C.